The van der Waals surface area contributed by atoms with Crippen LogP contribution in [0.1, 0.15) is 43.7 Å². The van der Waals surface area contributed by atoms with E-state index in [0.717, 1.165) is 13.1 Å². The highest BCUT2D eigenvalue weighted by Gasteiger charge is 2.37. The van der Waals surface area contributed by atoms with Gasteiger partial charge in [-0.25, -0.2) is 0 Å². The summed E-state index contributed by atoms with van der Waals surface area (Å²) < 4.78 is 0. The summed E-state index contributed by atoms with van der Waals surface area (Å²) in [7, 11) is 0. The van der Waals surface area contributed by atoms with Gasteiger partial charge in [0.15, 0.2) is 0 Å². The van der Waals surface area contributed by atoms with E-state index >= 15 is 0 Å². The van der Waals surface area contributed by atoms with Crippen LogP contribution in [0.4, 0.5) is 0 Å². The van der Waals surface area contributed by atoms with Crippen LogP contribution in [0.5, 0.6) is 0 Å². The first-order valence-corrected chi connectivity index (χ1v) is 8.53. The monoisotopic (exact) mass is 292 g/mol. The van der Waals surface area contributed by atoms with Crippen molar-refractivity contribution in [2.75, 3.05) is 13.1 Å². The lowest BCUT2D eigenvalue weighted by Crippen LogP contribution is -2.42. The van der Waals surface area contributed by atoms with Crippen LogP contribution >= 0.6 is 0 Å². The fourth-order valence-electron chi connectivity index (χ4n) is 3.66. The Labute approximate surface area is 135 Å². The van der Waals surface area contributed by atoms with Crippen molar-refractivity contribution in [3.8, 4) is 0 Å². The molecule has 2 aromatic rings. The van der Waals surface area contributed by atoms with Gasteiger partial charge in [0.05, 0.1) is 0 Å². The fraction of sp³-hybridized carbons (Fsp3) is 0.381. The first kappa shape index (κ1) is 15.3. The molecule has 2 aromatic carbocycles. The minimum absolute atomic E-state index is 0.180. The van der Waals surface area contributed by atoms with Gasteiger partial charge in [-0.1, -0.05) is 74.0 Å². The molecular formula is C21H26N. The number of benzene rings is 2. The van der Waals surface area contributed by atoms with Crippen LogP contribution in [-0.2, 0) is 5.41 Å². The second-order valence-corrected chi connectivity index (χ2v) is 6.32. The van der Waals surface area contributed by atoms with E-state index < -0.39 is 0 Å². The molecule has 0 aliphatic carbocycles. The van der Waals surface area contributed by atoms with Crippen LogP contribution in [0.2, 0.25) is 0 Å². The van der Waals surface area contributed by atoms with Gasteiger partial charge in [0.1, 0.15) is 0 Å². The maximum atomic E-state index is 2.52. The molecule has 0 amide bonds. The molecule has 1 heterocycles. The normalized spacial score (nSPS) is 18.2. The van der Waals surface area contributed by atoms with Crippen molar-refractivity contribution in [3.05, 3.63) is 78.3 Å². The van der Waals surface area contributed by atoms with E-state index in [4.69, 9.17) is 0 Å². The molecule has 1 radical (unpaired) electrons. The van der Waals surface area contributed by atoms with Gasteiger partial charge in [0.25, 0.3) is 0 Å². The lowest BCUT2D eigenvalue weighted by molar-refractivity contribution is 0.209. The quantitative estimate of drug-likeness (QED) is 0.747. The molecule has 22 heavy (non-hydrogen) atoms. The van der Waals surface area contributed by atoms with E-state index in [-0.39, 0.29) is 5.41 Å². The number of nitrogens with zero attached hydrogens (tertiary/aromatic N) is 1. The number of piperidine rings is 1. The van der Waals surface area contributed by atoms with Crippen molar-refractivity contribution in [1.29, 1.82) is 0 Å². The smallest absolute Gasteiger partial charge is 0.0251 e. The summed E-state index contributed by atoms with van der Waals surface area (Å²) in [6.07, 6.45) is 4.82. The van der Waals surface area contributed by atoms with Crippen molar-refractivity contribution in [3.63, 3.8) is 0 Å². The van der Waals surface area contributed by atoms with E-state index in [1.165, 1.54) is 36.8 Å². The number of rotatable bonds is 5. The Kier molecular flexibility index (Phi) is 4.94. The van der Waals surface area contributed by atoms with Crippen LogP contribution in [0.3, 0.4) is 0 Å². The number of unbranched alkanes of at least 4 members (excludes halogenated alkanes) is 1. The Bertz CT molecular complexity index is 511. The average molecular weight is 292 g/mol. The summed E-state index contributed by atoms with van der Waals surface area (Å²) in [4.78, 5) is 2.52. The second-order valence-electron chi connectivity index (χ2n) is 6.32. The minimum Gasteiger partial charge on any atom is -0.299 e. The number of hydrogen-bond donors (Lipinski definition) is 0. The molecular weight excluding hydrogens is 266 g/mol. The van der Waals surface area contributed by atoms with E-state index in [9.17, 15) is 0 Å². The highest BCUT2D eigenvalue weighted by Crippen LogP contribution is 2.41. The maximum absolute atomic E-state index is 2.52. The van der Waals surface area contributed by atoms with Gasteiger partial charge in [-0.15, -0.1) is 0 Å². The zero-order chi connectivity index (χ0) is 15.3. The molecule has 0 aromatic heterocycles. The molecule has 0 saturated carbocycles. The molecule has 0 atom stereocenters. The van der Waals surface area contributed by atoms with Gasteiger partial charge in [0, 0.05) is 12.0 Å². The largest absolute Gasteiger partial charge is 0.299 e. The number of likely N-dealkylation sites (tertiary alicyclic amines) is 1. The molecule has 1 fully saturated rings. The van der Waals surface area contributed by atoms with Crippen molar-refractivity contribution in [2.45, 2.75) is 38.0 Å². The average Bonchev–Trinajstić information content (AvgIpc) is 2.62. The predicted molar refractivity (Wildman–Crippen MR) is 93.7 cm³/mol. The van der Waals surface area contributed by atoms with E-state index in [2.05, 4.69) is 79.0 Å². The molecule has 1 aliphatic heterocycles. The molecule has 0 N–H and O–H groups in total. The van der Waals surface area contributed by atoms with Crippen molar-refractivity contribution in [1.82, 2.24) is 4.90 Å². The van der Waals surface area contributed by atoms with Crippen molar-refractivity contribution < 1.29 is 0 Å². The SMILES string of the molecule is CCC[CH]N1CCC(c2ccccc2)(c2ccccc2)CC1. The van der Waals surface area contributed by atoms with Gasteiger partial charge >= 0.3 is 0 Å². The molecule has 1 saturated heterocycles. The van der Waals surface area contributed by atoms with Gasteiger partial charge in [0.2, 0.25) is 0 Å². The van der Waals surface area contributed by atoms with E-state index in [1.807, 2.05) is 0 Å². The highest BCUT2D eigenvalue weighted by atomic mass is 15.1. The lowest BCUT2D eigenvalue weighted by atomic mass is 9.68. The molecule has 1 nitrogen and oxygen atoms in total. The number of hydrogen-bond acceptors (Lipinski definition) is 1. The Hall–Kier alpha value is -1.60. The first-order valence-electron chi connectivity index (χ1n) is 8.53. The zero-order valence-electron chi connectivity index (χ0n) is 13.5. The standard InChI is InChI=1S/C21H26N/c1-2-3-16-22-17-14-21(15-18-22,19-10-6-4-7-11-19)20-12-8-5-9-13-20/h4-13,16H,2-3,14-15,17-18H2,1H3. The summed E-state index contributed by atoms with van der Waals surface area (Å²) in [5.41, 5.74) is 3.12. The zero-order valence-corrected chi connectivity index (χ0v) is 13.5. The first-order chi connectivity index (χ1) is 10.8. The van der Waals surface area contributed by atoms with Crippen molar-refractivity contribution in [2.24, 2.45) is 0 Å². The Morgan fingerprint density at radius 1 is 0.864 bits per heavy atom. The van der Waals surface area contributed by atoms with Crippen LogP contribution in [0.25, 0.3) is 0 Å². The predicted octanol–water partition coefficient (Wildman–Crippen LogP) is 5.03. The third-order valence-corrected chi connectivity index (χ3v) is 4.98. The van der Waals surface area contributed by atoms with Gasteiger partial charge in [-0.05, 0) is 43.5 Å². The van der Waals surface area contributed by atoms with Gasteiger partial charge in [-0.2, -0.15) is 0 Å². The molecule has 1 aliphatic rings. The maximum Gasteiger partial charge on any atom is 0.0251 e. The molecule has 3 rings (SSSR count). The van der Waals surface area contributed by atoms with E-state index in [0.29, 0.717) is 0 Å². The minimum atomic E-state index is 0.180. The second kappa shape index (κ2) is 7.11. The van der Waals surface area contributed by atoms with Crippen LogP contribution in [-0.4, -0.2) is 18.0 Å². The molecule has 0 unspecified atom stereocenters. The van der Waals surface area contributed by atoms with Crippen LogP contribution in [0.15, 0.2) is 60.7 Å². The van der Waals surface area contributed by atoms with Crippen LogP contribution in [0, 0.1) is 6.54 Å². The highest BCUT2D eigenvalue weighted by molar-refractivity contribution is 5.40. The third kappa shape index (κ3) is 3.10. The summed E-state index contributed by atoms with van der Waals surface area (Å²) >= 11 is 0. The lowest BCUT2D eigenvalue weighted by Gasteiger charge is -2.42. The summed E-state index contributed by atoms with van der Waals surface area (Å²) in [6.45, 7) is 6.96. The Morgan fingerprint density at radius 3 is 1.82 bits per heavy atom. The van der Waals surface area contributed by atoms with Gasteiger partial charge in [-0.3, -0.25) is 4.90 Å². The summed E-state index contributed by atoms with van der Waals surface area (Å²) in [5.74, 6) is 0. The van der Waals surface area contributed by atoms with Crippen molar-refractivity contribution >= 4 is 0 Å². The topological polar surface area (TPSA) is 3.24 Å². The summed E-state index contributed by atoms with van der Waals surface area (Å²) in [5, 5.41) is 0. The molecule has 1 heteroatoms. The molecule has 0 spiro atoms. The molecule has 115 valence electrons. The van der Waals surface area contributed by atoms with Gasteiger partial charge < -0.3 is 0 Å². The Balaban J connectivity index is 1.87. The Morgan fingerprint density at radius 2 is 1.36 bits per heavy atom. The summed E-state index contributed by atoms with van der Waals surface area (Å²) in [6, 6.07) is 22.2. The van der Waals surface area contributed by atoms with Crippen LogP contribution < -0.4 is 0 Å². The third-order valence-electron chi connectivity index (χ3n) is 4.98. The molecule has 0 bridgehead atoms. The fourth-order valence-corrected chi connectivity index (χ4v) is 3.66. The van der Waals surface area contributed by atoms with E-state index in [1.54, 1.807) is 0 Å².